The lowest BCUT2D eigenvalue weighted by Crippen LogP contribution is -2.61. The minimum Gasteiger partial charge on any atom is -0.429 e. The van der Waals surface area contributed by atoms with Gasteiger partial charge in [0.1, 0.15) is 11.3 Å². The van der Waals surface area contributed by atoms with Gasteiger partial charge in [-0.2, -0.15) is 0 Å². The molecule has 0 fully saturated rings. The second kappa shape index (κ2) is 7.49. The van der Waals surface area contributed by atoms with Crippen LogP contribution in [0.5, 0.6) is 0 Å². The predicted octanol–water partition coefficient (Wildman–Crippen LogP) is 4.50. The Morgan fingerprint density at radius 1 is 0.935 bits per heavy atom. The number of hydrogen-bond acceptors (Lipinski definition) is 4. The molecule has 2 aliphatic rings. The summed E-state index contributed by atoms with van der Waals surface area (Å²) in [7, 11) is 1.61. The van der Waals surface area contributed by atoms with Crippen molar-refractivity contribution in [3.8, 4) is 0 Å². The largest absolute Gasteiger partial charge is 0.429 e. The van der Waals surface area contributed by atoms with Crippen molar-refractivity contribution in [3.05, 3.63) is 83.1 Å². The Morgan fingerprint density at radius 3 is 2.13 bits per heavy atom. The van der Waals surface area contributed by atoms with Crippen LogP contribution in [0, 0.1) is 5.41 Å². The molecule has 1 heterocycles. The van der Waals surface area contributed by atoms with E-state index in [1.165, 1.54) is 4.90 Å². The van der Waals surface area contributed by atoms with Gasteiger partial charge in [-0.05, 0) is 30.0 Å². The lowest BCUT2D eigenvalue weighted by molar-refractivity contribution is -0.156. The van der Waals surface area contributed by atoms with Crippen LogP contribution in [0.3, 0.4) is 0 Å². The third-order valence-electron chi connectivity index (χ3n) is 6.51. The third-order valence-corrected chi connectivity index (χ3v) is 6.51. The zero-order valence-electron chi connectivity index (χ0n) is 18.3. The van der Waals surface area contributed by atoms with Gasteiger partial charge in [-0.1, -0.05) is 62.4 Å². The first kappa shape index (κ1) is 21.0. The van der Waals surface area contributed by atoms with Crippen LogP contribution in [-0.2, 0) is 14.3 Å². The lowest BCUT2D eigenvalue weighted by Gasteiger charge is -2.48. The van der Waals surface area contributed by atoms with Gasteiger partial charge in [0.15, 0.2) is 5.78 Å². The maximum atomic E-state index is 13.5. The number of rotatable bonds is 3. The second-order valence-corrected chi connectivity index (χ2v) is 9.39. The van der Waals surface area contributed by atoms with Crippen molar-refractivity contribution in [2.45, 2.75) is 45.1 Å². The van der Waals surface area contributed by atoms with Crippen LogP contribution in [0.15, 0.2) is 72.0 Å². The zero-order chi connectivity index (χ0) is 22.4. The Balaban J connectivity index is 1.89. The summed E-state index contributed by atoms with van der Waals surface area (Å²) in [5, 5.41) is 0. The van der Waals surface area contributed by atoms with Gasteiger partial charge in [-0.15, -0.1) is 0 Å². The Hall–Kier alpha value is -3.21. The number of benzene rings is 2. The number of allylic oxidation sites excluding steroid dienone is 1. The van der Waals surface area contributed by atoms with Crippen LogP contribution >= 0.6 is 0 Å². The van der Waals surface area contributed by atoms with Gasteiger partial charge in [0.05, 0.1) is 0 Å². The van der Waals surface area contributed by atoms with E-state index in [-0.39, 0.29) is 17.1 Å². The highest BCUT2D eigenvalue weighted by atomic mass is 16.5. The third kappa shape index (κ3) is 3.48. The second-order valence-electron chi connectivity index (χ2n) is 9.39. The van der Waals surface area contributed by atoms with E-state index < -0.39 is 17.4 Å². The summed E-state index contributed by atoms with van der Waals surface area (Å²) in [5.74, 6) is -1.00. The van der Waals surface area contributed by atoms with Crippen molar-refractivity contribution in [1.82, 2.24) is 4.90 Å². The van der Waals surface area contributed by atoms with Gasteiger partial charge >= 0.3 is 5.97 Å². The molecule has 0 radical (unpaired) electrons. The number of Topliss-reactive ketones (excluding diaryl/α,β-unsaturated/α-hetero) is 1. The minimum absolute atomic E-state index is 0.0283. The fraction of sp³-hybridized carbons (Fsp3) is 0.346. The number of nitrogens with zero attached hydrogens (tertiary/aromatic N) is 1. The van der Waals surface area contributed by atoms with Crippen LogP contribution in [0.2, 0.25) is 0 Å². The number of amides is 1. The molecule has 31 heavy (non-hydrogen) atoms. The lowest BCUT2D eigenvalue weighted by atomic mass is 9.65. The summed E-state index contributed by atoms with van der Waals surface area (Å²) < 4.78 is 5.80. The van der Waals surface area contributed by atoms with E-state index in [0.29, 0.717) is 29.7 Å². The van der Waals surface area contributed by atoms with E-state index in [4.69, 9.17) is 4.74 Å². The Morgan fingerprint density at radius 2 is 1.52 bits per heavy atom. The Kier molecular flexibility index (Phi) is 5.08. The van der Waals surface area contributed by atoms with E-state index in [1.54, 1.807) is 38.2 Å². The first-order valence-electron chi connectivity index (χ1n) is 10.5. The molecule has 2 aromatic carbocycles. The molecular formula is C26H27NO4. The highest BCUT2D eigenvalue weighted by Crippen LogP contribution is 2.51. The van der Waals surface area contributed by atoms with E-state index in [2.05, 4.69) is 0 Å². The van der Waals surface area contributed by atoms with Crippen molar-refractivity contribution < 1.29 is 19.1 Å². The summed E-state index contributed by atoms with van der Waals surface area (Å²) in [4.78, 5) is 41.6. The molecule has 2 aromatic rings. The molecule has 5 nitrogen and oxygen atoms in total. The van der Waals surface area contributed by atoms with Gasteiger partial charge in [0, 0.05) is 36.9 Å². The molecule has 0 saturated carbocycles. The maximum Gasteiger partial charge on any atom is 0.337 e. The van der Waals surface area contributed by atoms with Crippen molar-refractivity contribution in [2.24, 2.45) is 5.41 Å². The molecule has 0 bridgehead atoms. The number of carbonyl (C=O) groups is 3. The molecule has 0 aromatic heterocycles. The number of ketones is 1. The van der Waals surface area contributed by atoms with Crippen LogP contribution in [-0.4, -0.2) is 35.1 Å². The van der Waals surface area contributed by atoms with Crippen molar-refractivity contribution in [3.63, 3.8) is 0 Å². The van der Waals surface area contributed by atoms with Crippen molar-refractivity contribution >= 4 is 17.7 Å². The molecule has 0 N–H and O–H groups in total. The summed E-state index contributed by atoms with van der Waals surface area (Å²) >= 11 is 0. The standard InChI is InChI=1S/C26H27NO4/c1-25(2)15-19(28)21-20(16-25)31-24(30)26(3,22(21)17-11-7-5-8-12-17)27(4)23(29)18-13-9-6-10-14-18/h5-14,22H,15-16H2,1-4H3. The average Bonchev–Trinajstić information content (AvgIpc) is 2.74. The Labute approximate surface area is 182 Å². The van der Waals surface area contributed by atoms with E-state index >= 15 is 0 Å². The van der Waals surface area contributed by atoms with Gasteiger partial charge in [0.2, 0.25) is 0 Å². The summed E-state index contributed by atoms with van der Waals surface area (Å²) in [6, 6.07) is 18.3. The first-order valence-corrected chi connectivity index (χ1v) is 10.5. The molecule has 1 aliphatic carbocycles. The smallest absolute Gasteiger partial charge is 0.337 e. The quantitative estimate of drug-likeness (QED) is 0.690. The van der Waals surface area contributed by atoms with Gasteiger partial charge in [0.25, 0.3) is 5.91 Å². The van der Waals surface area contributed by atoms with E-state index in [9.17, 15) is 14.4 Å². The van der Waals surface area contributed by atoms with E-state index in [1.807, 2.05) is 50.2 Å². The maximum absolute atomic E-state index is 13.5. The summed E-state index contributed by atoms with van der Waals surface area (Å²) in [6.45, 7) is 5.70. The topological polar surface area (TPSA) is 63.7 Å². The van der Waals surface area contributed by atoms with Gasteiger partial charge < -0.3 is 9.64 Å². The highest BCUT2D eigenvalue weighted by molar-refractivity contribution is 6.05. The number of carbonyl (C=O) groups excluding carboxylic acids is 3. The van der Waals surface area contributed by atoms with Crippen LogP contribution < -0.4 is 0 Å². The Bertz CT molecular complexity index is 1070. The fourth-order valence-corrected chi connectivity index (χ4v) is 4.76. The molecule has 0 saturated heterocycles. The van der Waals surface area contributed by atoms with Crippen LogP contribution in [0.1, 0.15) is 55.5 Å². The monoisotopic (exact) mass is 417 g/mol. The molecular weight excluding hydrogens is 390 g/mol. The number of hydrogen-bond donors (Lipinski definition) is 0. The predicted molar refractivity (Wildman–Crippen MR) is 117 cm³/mol. The fourth-order valence-electron chi connectivity index (χ4n) is 4.76. The van der Waals surface area contributed by atoms with Crippen LogP contribution in [0.4, 0.5) is 0 Å². The molecule has 4 rings (SSSR count). The molecule has 1 aliphatic heterocycles. The molecule has 1 amide bonds. The molecule has 2 unspecified atom stereocenters. The van der Waals surface area contributed by atoms with Gasteiger partial charge in [-0.25, -0.2) is 4.79 Å². The van der Waals surface area contributed by atoms with Crippen molar-refractivity contribution in [2.75, 3.05) is 7.05 Å². The molecule has 160 valence electrons. The minimum atomic E-state index is -1.37. The van der Waals surface area contributed by atoms with Gasteiger partial charge in [-0.3, -0.25) is 9.59 Å². The number of ether oxygens (including phenoxy) is 1. The van der Waals surface area contributed by atoms with Crippen molar-refractivity contribution in [1.29, 1.82) is 0 Å². The normalized spacial score (nSPS) is 25.0. The van der Waals surface area contributed by atoms with Crippen LogP contribution in [0.25, 0.3) is 0 Å². The molecule has 2 atom stereocenters. The van der Waals surface area contributed by atoms with E-state index in [0.717, 1.165) is 5.56 Å². The SMILES string of the molecule is CN(C(=O)c1ccccc1)C1(C)C(=O)OC2=C(C(=O)CC(C)(C)C2)C1c1ccccc1. The zero-order valence-corrected chi connectivity index (χ0v) is 18.3. The highest BCUT2D eigenvalue weighted by Gasteiger charge is 2.57. The number of likely N-dealkylation sites (N-methyl/N-ethyl adjacent to an activating group) is 1. The number of esters is 1. The first-order chi connectivity index (χ1) is 14.6. The molecule has 5 heteroatoms. The summed E-state index contributed by atoms with van der Waals surface area (Å²) in [6.07, 6.45) is 0.884. The molecule has 0 spiro atoms. The summed E-state index contributed by atoms with van der Waals surface area (Å²) in [5.41, 5.74) is 0.151. The average molecular weight is 418 g/mol.